The zero-order valence-corrected chi connectivity index (χ0v) is 8.73. The second-order valence-electron chi connectivity index (χ2n) is 2.33. The van der Waals surface area contributed by atoms with Gasteiger partial charge in [-0.2, -0.15) is 5.26 Å². The second-order valence-corrected chi connectivity index (χ2v) is 3.20. The lowest BCUT2D eigenvalue weighted by Crippen LogP contribution is -1.61. The minimum atomic E-state index is 0.560. The highest BCUT2D eigenvalue weighted by atomic mass is 35.5. The zero-order valence-electron chi connectivity index (χ0n) is 7.22. The summed E-state index contributed by atoms with van der Waals surface area (Å²) >= 11 is 11.1. The highest BCUT2D eigenvalue weighted by Crippen LogP contribution is 2.13. The van der Waals surface area contributed by atoms with E-state index in [9.17, 15) is 0 Å². The largest absolute Gasteiger partial charge is 0.193 e. The van der Waals surface area contributed by atoms with Crippen LogP contribution in [-0.2, 0) is 0 Å². The smallest absolute Gasteiger partial charge is 0.0937 e. The van der Waals surface area contributed by atoms with Crippen molar-refractivity contribution in [1.29, 1.82) is 5.26 Å². The fourth-order valence-electron chi connectivity index (χ4n) is 0.460. The van der Waals surface area contributed by atoms with Gasteiger partial charge >= 0.3 is 0 Å². The van der Waals surface area contributed by atoms with Gasteiger partial charge in [0, 0.05) is 15.6 Å². The summed E-state index contributed by atoms with van der Waals surface area (Å²) in [5.41, 5.74) is 0.560. The summed E-state index contributed by atoms with van der Waals surface area (Å²) in [4.78, 5) is 0. The van der Waals surface area contributed by atoms with E-state index in [4.69, 9.17) is 28.5 Å². The van der Waals surface area contributed by atoms with Crippen LogP contribution in [0.15, 0.2) is 36.4 Å². The highest BCUT2D eigenvalue weighted by Gasteiger charge is 1.84. The van der Waals surface area contributed by atoms with E-state index < -0.39 is 0 Å². The van der Waals surface area contributed by atoms with E-state index in [-0.39, 0.29) is 0 Å². The summed E-state index contributed by atoms with van der Waals surface area (Å²) in [7, 11) is 0. The Labute approximate surface area is 88.2 Å². The molecule has 68 valence electrons. The van der Waals surface area contributed by atoms with Gasteiger partial charge in [-0.05, 0) is 25.1 Å². The Morgan fingerprint density at radius 3 is 1.92 bits per heavy atom. The molecule has 0 heterocycles. The summed E-state index contributed by atoms with van der Waals surface area (Å²) in [5.74, 6) is 0. The Morgan fingerprint density at radius 1 is 1.38 bits per heavy atom. The molecule has 0 saturated heterocycles. The molecule has 0 fully saturated rings. The predicted octanol–water partition coefficient (Wildman–Crippen LogP) is 4.08. The van der Waals surface area contributed by atoms with Crippen LogP contribution in [0.5, 0.6) is 0 Å². The van der Waals surface area contributed by atoms with Crippen molar-refractivity contribution >= 4 is 23.2 Å². The number of hydrogen-bond acceptors (Lipinski definition) is 1. The highest BCUT2D eigenvalue weighted by molar-refractivity contribution is 6.34. The number of nitrogens with zero attached hydrogens (tertiary/aromatic N) is 1. The third-order valence-electron chi connectivity index (χ3n) is 0.978. The first kappa shape index (κ1) is 12.0. The summed E-state index contributed by atoms with van der Waals surface area (Å²) in [6.45, 7) is 4.98. The number of rotatable bonds is 0. The normalized spacial score (nSPS) is 7.85. The van der Waals surface area contributed by atoms with E-state index in [0.29, 0.717) is 15.6 Å². The van der Waals surface area contributed by atoms with Gasteiger partial charge in [0.15, 0.2) is 0 Å². The molecule has 1 nitrogen and oxygen atoms in total. The Kier molecular flexibility index (Phi) is 6.05. The first-order chi connectivity index (χ1) is 6.06. The minimum Gasteiger partial charge on any atom is -0.193 e. The number of halogens is 2. The van der Waals surface area contributed by atoms with Gasteiger partial charge in [0.25, 0.3) is 0 Å². The molecule has 1 aromatic rings. The van der Waals surface area contributed by atoms with E-state index in [1.807, 2.05) is 12.1 Å². The molecular formula is C10H9Cl2N. The van der Waals surface area contributed by atoms with Crippen molar-refractivity contribution in [3.8, 4) is 6.07 Å². The number of nitriles is 1. The number of benzene rings is 1. The van der Waals surface area contributed by atoms with Crippen LogP contribution in [-0.4, -0.2) is 0 Å². The molecule has 1 rings (SSSR count). The van der Waals surface area contributed by atoms with Gasteiger partial charge in [-0.25, -0.2) is 0 Å². The van der Waals surface area contributed by atoms with Gasteiger partial charge in [0.2, 0.25) is 0 Å². The third-order valence-corrected chi connectivity index (χ3v) is 1.45. The summed E-state index contributed by atoms with van der Waals surface area (Å²) in [5, 5.41) is 9.15. The van der Waals surface area contributed by atoms with Crippen LogP contribution >= 0.6 is 23.2 Å². The summed E-state index contributed by atoms with van der Waals surface area (Å²) in [6, 6.07) is 8.91. The molecule has 0 spiro atoms. The molecule has 0 unspecified atom stereocenters. The van der Waals surface area contributed by atoms with E-state index >= 15 is 0 Å². The van der Waals surface area contributed by atoms with E-state index in [1.54, 1.807) is 25.1 Å². The van der Waals surface area contributed by atoms with Gasteiger partial charge in [0.05, 0.1) is 6.07 Å². The predicted molar refractivity (Wildman–Crippen MR) is 56.9 cm³/mol. The van der Waals surface area contributed by atoms with Crippen LogP contribution in [0.25, 0.3) is 0 Å². The monoisotopic (exact) mass is 213 g/mol. The quantitative estimate of drug-likeness (QED) is 0.597. The van der Waals surface area contributed by atoms with Crippen molar-refractivity contribution in [3.05, 3.63) is 46.5 Å². The fraction of sp³-hybridized carbons (Fsp3) is 0.100. The standard InChI is InChI=1S/C6H4Cl2.C4H5N/c7-5-2-1-3-6(8)4-5;1-4(2)3-5/h1-4H;1H2,2H3. The minimum absolute atomic E-state index is 0.560. The van der Waals surface area contributed by atoms with Gasteiger partial charge < -0.3 is 0 Å². The molecule has 0 radical (unpaired) electrons. The molecule has 0 aromatic heterocycles. The third kappa shape index (κ3) is 7.39. The Morgan fingerprint density at radius 2 is 1.77 bits per heavy atom. The molecule has 0 saturated carbocycles. The molecule has 3 heteroatoms. The Bertz CT molecular complexity index is 309. The Hall–Kier alpha value is -0.970. The molecular weight excluding hydrogens is 205 g/mol. The molecule has 1 aromatic carbocycles. The lowest BCUT2D eigenvalue weighted by molar-refractivity contribution is 1.46. The van der Waals surface area contributed by atoms with Crippen molar-refractivity contribution in [2.24, 2.45) is 0 Å². The van der Waals surface area contributed by atoms with Crippen LogP contribution in [0.1, 0.15) is 6.92 Å². The van der Waals surface area contributed by atoms with Gasteiger partial charge in [-0.1, -0.05) is 35.8 Å². The second kappa shape index (κ2) is 6.54. The molecule has 0 atom stereocenters. The maximum absolute atomic E-state index is 7.79. The molecule has 0 bridgehead atoms. The lowest BCUT2D eigenvalue weighted by Gasteiger charge is -1.86. The topological polar surface area (TPSA) is 23.8 Å². The SMILES string of the molecule is C=C(C)C#N.Clc1cccc(Cl)c1. The number of hydrogen-bond donors (Lipinski definition) is 0. The van der Waals surface area contributed by atoms with E-state index in [1.165, 1.54) is 0 Å². The lowest BCUT2D eigenvalue weighted by atomic mass is 10.4. The van der Waals surface area contributed by atoms with Crippen molar-refractivity contribution in [2.75, 3.05) is 0 Å². The average Bonchev–Trinajstić information content (AvgIpc) is 2.05. The van der Waals surface area contributed by atoms with Crippen LogP contribution < -0.4 is 0 Å². The summed E-state index contributed by atoms with van der Waals surface area (Å²) < 4.78 is 0. The van der Waals surface area contributed by atoms with Gasteiger partial charge in [-0.15, -0.1) is 0 Å². The Balaban J connectivity index is 0.000000252. The number of allylic oxidation sites excluding steroid dienone is 1. The molecule has 13 heavy (non-hydrogen) atoms. The van der Waals surface area contributed by atoms with E-state index in [2.05, 4.69) is 6.58 Å². The van der Waals surface area contributed by atoms with Crippen molar-refractivity contribution in [1.82, 2.24) is 0 Å². The van der Waals surface area contributed by atoms with Crippen LogP contribution in [0.4, 0.5) is 0 Å². The molecule has 0 aliphatic heterocycles. The molecule has 0 aliphatic rings. The van der Waals surface area contributed by atoms with Crippen molar-refractivity contribution in [3.63, 3.8) is 0 Å². The maximum Gasteiger partial charge on any atom is 0.0937 e. The van der Waals surface area contributed by atoms with Crippen molar-refractivity contribution in [2.45, 2.75) is 6.92 Å². The summed E-state index contributed by atoms with van der Waals surface area (Å²) in [6.07, 6.45) is 0. The van der Waals surface area contributed by atoms with Gasteiger partial charge in [0.1, 0.15) is 0 Å². The first-order valence-electron chi connectivity index (χ1n) is 3.53. The zero-order chi connectivity index (χ0) is 10.3. The average molecular weight is 214 g/mol. The van der Waals surface area contributed by atoms with Crippen LogP contribution in [0, 0.1) is 11.3 Å². The molecule has 0 amide bonds. The fourth-order valence-corrected chi connectivity index (χ4v) is 0.896. The van der Waals surface area contributed by atoms with E-state index in [0.717, 1.165) is 0 Å². The van der Waals surface area contributed by atoms with Crippen LogP contribution in [0.2, 0.25) is 10.0 Å². The maximum atomic E-state index is 7.79. The first-order valence-corrected chi connectivity index (χ1v) is 4.28. The van der Waals surface area contributed by atoms with Crippen LogP contribution in [0.3, 0.4) is 0 Å². The van der Waals surface area contributed by atoms with Crippen molar-refractivity contribution < 1.29 is 0 Å². The van der Waals surface area contributed by atoms with Gasteiger partial charge in [-0.3, -0.25) is 0 Å². The molecule has 0 aliphatic carbocycles. The molecule has 0 N–H and O–H groups in total.